The predicted octanol–water partition coefficient (Wildman–Crippen LogP) is 4.32. The molecule has 0 spiro atoms. The van der Waals surface area contributed by atoms with E-state index in [9.17, 15) is 14.7 Å². The summed E-state index contributed by atoms with van der Waals surface area (Å²) < 4.78 is 11.1. The molecule has 6 nitrogen and oxygen atoms in total. The first-order valence-electron chi connectivity index (χ1n) is 9.70. The van der Waals surface area contributed by atoms with Crippen LogP contribution in [0.5, 0.6) is 5.75 Å². The molecule has 0 aliphatic carbocycles. The second-order valence-corrected chi connectivity index (χ2v) is 8.78. The van der Waals surface area contributed by atoms with Gasteiger partial charge in [0.1, 0.15) is 11.5 Å². The number of hydrogen-bond acceptors (Lipinski definition) is 6. The first-order chi connectivity index (χ1) is 14.4. The summed E-state index contributed by atoms with van der Waals surface area (Å²) in [6.45, 7) is 2.88. The Morgan fingerprint density at radius 3 is 2.80 bits per heavy atom. The number of aryl methyl sites for hydroxylation is 1. The number of aliphatic hydroxyl groups is 1. The lowest BCUT2D eigenvalue weighted by Crippen LogP contribution is -2.36. The van der Waals surface area contributed by atoms with Gasteiger partial charge in [0.2, 0.25) is 0 Å². The molecule has 1 aromatic heterocycles. The lowest BCUT2D eigenvalue weighted by atomic mass is 9.98. The van der Waals surface area contributed by atoms with Crippen molar-refractivity contribution >= 4 is 40.4 Å². The smallest absolute Gasteiger partial charge is 0.295 e. The Hall–Kier alpha value is -2.35. The van der Waals surface area contributed by atoms with Crippen molar-refractivity contribution in [2.45, 2.75) is 31.9 Å². The maximum atomic E-state index is 13.1. The Morgan fingerprint density at radius 2 is 2.17 bits per heavy atom. The summed E-state index contributed by atoms with van der Waals surface area (Å²) in [5.74, 6) is -1.28. The topological polar surface area (TPSA) is 76.1 Å². The number of amides is 1. The number of hydrogen-bond donors (Lipinski definition) is 1. The molecule has 2 fully saturated rings. The van der Waals surface area contributed by atoms with Crippen LogP contribution in [-0.4, -0.2) is 48.1 Å². The van der Waals surface area contributed by atoms with Crippen molar-refractivity contribution in [1.82, 2.24) is 4.90 Å². The first-order valence-corrected chi connectivity index (χ1v) is 11.0. The molecule has 3 heterocycles. The van der Waals surface area contributed by atoms with Crippen molar-refractivity contribution in [2.24, 2.45) is 0 Å². The molecular weight excluding hydrogens is 426 g/mol. The van der Waals surface area contributed by atoms with Crippen LogP contribution >= 0.6 is 22.9 Å². The van der Waals surface area contributed by atoms with Gasteiger partial charge in [-0.3, -0.25) is 9.59 Å². The number of ketones is 1. The average Bonchev–Trinajstić information content (AvgIpc) is 3.45. The highest BCUT2D eigenvalue weighted by Crippen LogP contribution is 2.44. The number of rotatable bonds is 5. The molecule has 2 atom stereocenters. The van der Waals surface area contributed by atoms with E-state index in [0.717, 1.165) is 23.3 Å². The fraction of sp³-hybridized carbons (Fsp3) is 0.364. The molecule has 2 aliphatic heterocycles. The van der Waals surface area contributed by atoms with Crippen LogP contribution in [0, 0.1) is 6.92 Å². The number of nitrogens with zero attached hydrogens (tertiary/aromatic N) is 1. The summed E-state index contributed by atoms with van der Waals surface area (Å²) in [6, 6.07) is 6.03. The van der Waals surface area contributed by atoms with Crippen LogP contribution in [0.25, 0.3) is 5.76 Å². The number of carbonyl (C=O) groups excluding carboxylic acids is 2. The quantitative estimate of drug-likeness (QED) is 0.419. The summed E-state index contributed by atoms with van der Waals surface area (Å²) in [5, 5.41) is 13.5. The molecule has 2 saturated heterocycles. The number of Topliss-reactive ketones (excluding diaryl/α,β-unsaturated/α-hetero) is 1. The number of methoxy groups -OCH3 is 1. The van der Waals surface area contributed by atoms with Crippen molar-refractivity contribution in [3.05, 3.63) is 56.2 Å². The normalized spacial score (nSPS) is 23.4. The highest BCUT2D eigenvalue weighted by molar-refractivity contribution is 7.10. The number of carbonyl (C=O) groups is 2. The molecule has 1 N–H and O–H groups in total. The minimum atomic E-state index is -0.717. The lowest BCUT2D eigenvalue weighted by Gasteiger charge is -2.27. The number of likely N-dealkylation sites (tertiary alicyclic amines) is 1. The zero-order valence-corrected chi connectivity index (χ0v) is 18.3. The minimum absolute atomic E-state index is 0.0455. The van der Waals surface area contributed by atoms with Gasteiger partial charge < -0.3 is 19.5 Å². The maximum absolute atomic E-state index is 13.1. The van der Waals surface area contributed by atoms with E-state index in [1.54, 1.807) is 12.1 Å². The predicted molar refractivity (Wildman–Crippen MR) is 115 cm³/mol. The van der Waals surface area contributed by atoms with E-state index in [4.69, 9.17) is 21.1 Å². The summed E-state index contributed by atoms with van der Waals surface area (Å²) in [4.78, 5) is 28.5. The Bertz CT molecular complexity index is 1020. The van der Waals surface area contributed by atoms with Gasteiger partial charge in [0.25, 0.3) is 11.7 Å². The van der Waals surface area contributed by atoms with E-state index in [0.29, 0.717) is 23.9 Å². The number of thiophene rings is 1. The Labute approximate surface area is 183 Å². The van der Waals surface area contributed by atoms with Crippen molar-refractivity contribution in [2.75, 3.05) is 20.3 Å². The molecule has 30 heavy (non-hydrogen) atoms. The van der Waals surface area contributed by atoms with Gasteiger partial charge in [0.05, 0.1) is 30.4 Å². The van der Waals surface area contributed by atoms with Crippen LogP contribution < -0.4 is 4.74 Å². The fourth-order valence-corrected chi connectivity index (χ4v) is 5.24. The van der Waals surface area contributed by atoms with Crippen molar-refractivity contribution in [3.8, 4) is 5.75 Å². The Balaban J connectivity index is 1.87. The number of halogens is 1. The van der Waals surface area contributed by atoms with Crippen molar-refractivity contribution < 1.29 is 24.2 Å². The fourth-order valence-electron chi connectivity index (χ4n) is 4.02. The average molecular weight is 448 g/mol. The lowest BCUT2D eigenvalue weighted by molar-refractivity contribution is -0.140. The van der Waals surface area contributed by atoms with Crippen LogP contribution in [0.1, 0.15) is 34.9 Å². The largest absolute Gasteiger partial charge is 0.507 e. The highest BCUT2D eigenvalue weighted by Gasteiger charge is 2.48. The van der Waals surface area contributed by atoms with E-state index in [-0.39, 0.29) is 23.0 Å². The molecule has 0 radical (unpaired) electrons. The molecule has 2 unspecified atom stereocenters. The zero-order chi connectivity index (χ0) is 21.4. The second kappa shape index (κ2) is 8.41. The molecule has 2 aromatic rings. The van der Waals surface area contributed by atoms with E-state index in [1.807, 2.05) is 18.4 Å². The van der Waals surface area contributed by atoms with Crippen LogP contribution in [0.2, 0.25) is 5.02 Å². The molecule has 8 heteroatoms. The monoisotopic (exact) mass is 447 g/mol. The van der Waals surface area contributed by atoms with E-state index < -0.39 is 17.7 Å². The van der Waals surface area contributed by atoms with Gasteiger partial charge in [-0.2, -0.15) is 0 Å². The third-order valence-electron chi connectivity index (χ3n) is 5.53. The van der Waals surface area contributed by atoms with Gasteiger partial charge in [-0.05, 0) is 55.0 Å². The Morgan fingerprint density at radius 1 is 1.37 bits per heavy atom. The molecule has 1 amide bonds. The number of benzene rings is 1. The molecule has 1 aromatic carbocycles. The summed E-state index contributed by atoms with van der Waals surface area (Å²) in [5.41, 5.74) is 1.27. The van der Waals surface area contributed by atoms with Crippen LogP contribution in [0.15, 0.2) is 35.2 Å². The van der Waals surface area contributed by atoms with E-state index in [2.05, 4.69) is 0 Å². The molecule has 4 rings (SSSR count). The van der Waals surface area contributed by atoms with Crippen LogP contribution in [0.4, 0.5) is 0 Å². The molecule has 2 aliphatic rings. The van der Waals surface area contributed by atoms with E-state index in [1.165, 1.54) is 29.4 Å². The molecule has 0 saturated carbocycles. The zero-order valence-electron chi connectivity index (χ0n) is 16.7. The standard InChI is InChI=1S/C22H22ClNO5S/c1-12-7-9-30-21(12)18-17(19(25)15-10-13(23)5-6-16(15)28-2)20(26)22(27)24(18)11-14-4-3-8-29-14/h5-7,9-10,14,18,25H,3-4,8,11H2,1-2H3/b19-17+. The van der Waals surface area contributed by atoms with Crippen molar-refractivity contribution in [3.63, 3.8) is 0 Å². The van der Waals surface area contributed by atoms with Gasteiger partial charge in [-0.1, -0.05) is 11.6 Å². The SMILES string of the molecule is COc1ccc(Cl)cc1/C(O)=C1\C(=O)C(=O)N(CC2CCCO2)C1c1sccc1C. The number of ether oxygens (including phenoxy) is 2. The first kappa shape index (κ1) is 20.9. The third-order valence-corrected chi connectivity index (χ3v) is 6.84. The van der Waals surface area contributed by atoms with Gasteiger partial charge >= 0.3 is 0 Å². The van der Waals surface area contributed by atoms with Gasteiger partial charge in [-0.25, -0.2) is 0 Å². The van der Waals surface area contributed by atoms with E-state index >= 15 is 0 Å². The maximum Gasteiger partial charge on any atom is 0.295 e. The highest BCUT2D eigenvalue weighted by atomic mass is 35.5. The minimum Gasteiger partial charge on any atom is -0.507 e. The van der Waals surface area contributed by atoms with Gasteiger partial charge in [0, 0.05) is 23.1 Å². The van der Waals surface area contributed by atoms with Gasteiger partial charge in [0.15, 0.2) is 0 Å². The molecular formula is C22H22ClNO5S. The van der Waals surface area contributed by atoms with Crippen molar-refractivity contribution in [1.29, 1.82) is 0 Å². The Kier molecular flexibility index (Phi) is 5.86. The summed E-state index contributed by atoms with van der Waals surface area (Å²) in [6.07, 6.45) is 1.64. The summed E-state index contributed by atoms with van der Waals surface area (Å²) >= 11 is 7.58. The second-order valence-electron chi connectivity index (χ2n) is 7.40. The van der Waals surface area contributed by atoms with Gasteiger partial charge in [-0.15, -0.1) is 11.3 Å². The van der Waals surface area contributed by atoms with Crippen LogP contribution in [-0.2, 0) is 14.3 Å². The number of aliphatic hydroxyl groups excluding tert-OH is 1. The third kappa shape index (κ3) is 3.62. The molecule has 158 valence electrons. The summed E-state index contributed by atoms with van der Waals surface area (Å²) in [7, 11) is 1.47. The molecule has 0 bridgehead atoms. The van der Waals surface area contributed by atoms with Crippen LogP contribution in [0.3, 0.4) is 0 Å².